The van der Waals surface area contributed by atoms with E-state index in [4.69, 9.17) is 10.7 Å². The van der Waals surface area contributed by atoms with Gasteiger partial charge in [0.05, 0.1) is 11.7 Å². The number of likely N-dealkylation sites (tertiary alicyclic amines) is 1. The van der Waals surface area contributed by atoms with Crippen LogP contribution in [0.1, 0.15) is 49.9 Å². The lowest BCUT2D eigenvalue weighted by Crippen LogP contribution is -2.33. The van der Waals surface area contributed by atoms with Gasteiger partial charge in [-0.25, -0.2) is 4.98 Å². The summed E-state index contributed by atoms with van der Waals surface area (Å²) in [5, 5.41) is 3.48. The fourth-order valence-electron chi connectivity index (χ4n) is 2.55. The van der Waals surface area contributed by atoms with Gasteiger partial charge in [-0.15, -0.1) is 11.3 Å². The highest BCUT2D eigenvalue weighted by Crippen LogP contribution is 2.32. The molecule has 1 aliphatic rings. The third-order valence-corrected chi connectivity index (χ3v) is 4.40. The zero-order chi connectivity index (χ0) is 12.3. The molecule has 2 heterocycles. The van der Waals surface area contributed by atoms with Crippen LogP contribution in [0.3, 0.4) is 0 Å². The Morgan fingerprint density at radius 3 is 3.12 bits per heavy atom. The summed E-state index contributed by atoms with van der Waals surface area (Å²) in [4.78, 5) is 7.32. The van der Waals surface area contributed by atoms with Gasteiger partial charge < -0.3 is 5.73 Å². The SMILES string of the molecule is CCN1CCCCC1c1nc(CC(C)N)cs1. The molecule has 2 atom stereocenters. The van der Waals surface area contributed by atoms with Crippen LogP contribution in [0.4, 0.5) is 0 Å². The van der Waals surface area contributed by atoms with Crippen LogP contribution in [0.25, 0.3) is 0 Å². The first-order chi connectivity index (χ1) is 8.20. The Bertz CT molecular complexity index is 348. The molecule has 0 amide bonds. The van der Waals surface area contributed by atoms with Crippen molar-refractivity contribution >= 4 is 11.3 Å². The molecule has 1 aromatic heterocycles. The average molecular weight is 253 g/mol. The lowest BCUT2D eigenvalue weighted by atomic mass is 10.0. The van der Waals surface area contributed by atoms with E-state index >= 15 is 0 Å². The minimum absolute atomic E-state index is 0.207. The molecule has 96 valence electrons. The van der Waals surface area contributed by atoms with E-state index in [0.29, 0.717) is 6.04 Å². The Morgan fingerprint density at radius 1 is 1.59 bits per heavy atom. The van der Waals surface area contributed by atoms with Gasteiger partial charge in [0.1, 0.15) is 5.01 Å². The summed E-state index contributed by atoms with van der Waals surface area (Å²) < 4.78 is 0. The molecule has 1 fully saturated rings. The topological polar surface area (TPSA) is 42.2 Å². The highest BCUT2D eigenvalue weighted by molar-refractivity contribution is 7.09. The van der Waals surface area contributed by atoms with Crippen molar-refractivity contribution in [2.75, 3.05) is 13.1 Å². The van der Waals surface area contributed by atoms with E-state index in [2.05, 4.69) is 17.2 Å². The van der Waals surface area contributed by atoms with Crippen LogP contribution >= 0.6 is 11.3 Å². The van der Waals surface area contributed by atoms with Gasteiger partial charge in [0.15, 0.2) is 0 Å². The Kier molecular flexibility index (Phi) is 4.54. The summed E-state index contributed by atoms with van der Waals surface area (Å²) in [5.74, 6) is 0. The van der Waals surface area contributed by atoms with Crippen LogP contribution in [0, 0.1) is 0 Å². The Labute approximate surface area is 108 Å². The van der Waals surface area contributed by atoms with Crippen LogP contribution < -0.4 is 5.73 Å². The second kappa shape index (κ2) is 5.94. The summed E-state index contributed by atoms with van der Waals surface area (Å²) in [6, 6.07) is 0.763. The van der Waals surface area contributed by atoms with Crippen LogP contribution in [-0.4, -0.2) is 29.0 Å². The number of thiazole rings is 1. The van der Waals surface area contributed by atoms with E-state index in [1.807, 2.05) is 18.3 Å². The molecule has 0 saturated carbocycles. The van der Waals surface area contributed by atoms with Crippen molar-refractivity contribution in [3.63, 3.8) is 0 Å². The zero-order valence-corrected chi connectivity index (χ0v) is 11.7. The van der Waals surface area contributed by atoms with Crippen molar-refractivity contribution in [2.45, 2.75) is 51.6 Å². The fourth-order valence-corrected chi connectivity index (χ4v) is 3.55. The van der Waals surface area contributed by atoms with Gasteiger partial charge in [0, 0.05) is 17.8 Å². The minimum atomic E-state index is 0.207. The predicted molar refractivity (Wildman–Crippen MR) is 73.3 cm³/mol. The molecule has 2 N–H and O–H groups in total. The molecule has 1 aliphatic heterocycles. The van der Waals surface area contributed by atoms with Crippen LogP contribution in [0.2, 0.25) is 0 Å². The van der Waals surface area contributed by atoms with E-state index in [9.17, 15) is 0 Å². The maximum Gasteiger partial charge on any atom is 0.110 e. The maximum absolute atomic E-state index is 5.82. The van der Waals surface area contributed by atoms with Crippen LogP contribution in [-0.2, 0) is 6.42 Å². The predicted octanol–water partition coefficient (Wildman–Crippen LogP) is 2.58. The molecule has 0 spiro atoms. The van der Waals surface area contributed by atoms with Gasteiger partial charge in [-0.1, -0.05) is 13.3 Å². The van der Waals surface area contributed by atoms with Crippen molar-refractivity contribution in [3.05, 3.63) is 16.1 Å². The molecule has 0 radical (unpaired) electrons. The molecular formula is C13H23N3S. The molecule has 1 saturated heterocycles. The number of hydrogen-bond acceptors (Lipinski definition) is 4. The van der Waals surface area contributed by atoms with Crippen molar-refractivity contribution in [1.82, 2.24) is 9.88 Å². The van der Waals surface area contributed by atoms with E-state index in [0.717, 1.165) is 13.0 Å². The molecule has 2 unspecified atom stereocenters. The third-order valence-electron chi connectivity index (χ3n) is 3.41. The number of hydrogen-bond donors (Lipinski definition) is 1. The summed E-state index contributed by atoms with van der Waals surface area (Å²) in [6.07, 6.45) is 4.83. The van der Waals surface area contributed by atoms with Crippen molar-refractivity contribution in [3.8, 4) is 0 Å². The van der Waals surface area contributed by atoms with Gasteiger partial charge >= 0.3 is 0 Å². The quantitative estimate of drug-likeness (QED) is 0.897. The summed E-state index contributed by atoms with van der Waals surface area (Å²) in [5.41, 5.74) is 6.99. The van der Waals surface area contributed by atoms with E-state index in [1.165, 1.54) is 36.5 Å². The standard InChI is InChI=1S/C13H23N3S/c1-3-16-7-5-4-6-12(16)13-15-11(9-17-13)8-10(2)14/h9-10,12H,3-8,14H2,1-2H3. The zero-order valence-electron chi connectivity index (χ0n) is 10.9. The molecule has 17 heavy (non-hydrogen) atoms. The van der Waals surface area contributed by atoms with E-state index < -0.39 is 0 Å². The average Bonchev–Trinajstić information content (AvgIpc) is 2.76. The fraction of sp³-hybridized carbons (Fsp3) is 0.769. The number of piperidine rings is 1. The smallest absolute Gasteiger partial charge is 0.110 e. The first-order valence-corrected chi connectivity index (χ1v) is 7.52. The number of aromatic nitrogens is 1. The number of rotatable bonds is 4. The Hall–Kier alpha value is -0.450. The van der Waals surface area contributed by atoms with Crippen molar-refractivity contribution in [1.29, 1.82) is 0 Å². The third kappa shape index (κ3) is 3.27. The number of nitrogens with two attached hydrogens (primary N) is 1. The highest BCUT2D eigenvalue weighted by atomic mass is 32.1. The first-order valence-electron chi connectivity index (χ1n) is 6.64. The minimum Gasteiger partial charge on any atom is -0.328 e. The molecule has 1 aromatic rings. The Morgan fingerprint density at radius 2 is 2.41 bits per heavy atom. The summed E-state index contributed by atoms with van der Waals surface area (Å²) in [7, 11) is 0. The van der Waals surface area contributed by atoms with Crippen molar-refractivity contribution < 1.29 is 0 Å². The summed E-state index contributed by atoms with van der Waals surface area (Å²) >= 11 is 1.81. The normalized spacial score (nSPS) is 23.8. The lowest BCUT2D eigenvalue weighted by molar-refractivity contribution is 0.157. The maximum atomic E-state index is 5.82. The molecule has 4 heteroatoms. The molecular weight excluding hydrogens is 230 g/mol. The van der Waals surface area contributed by atoms with Crippen molar-refractivity contribution in [2.24, 2.45) is 5.73 Å². The monoisotopic (exact) mass is 253 g/mol. The van der Waals surface area contributed by atoms with Crippen LogP contribution in [0.15, 0.2) is 5.38 Å². The molecule has 3 nitrogen and oxygen atoms in total. The second-order valence-electron chi connectivity index (χ2n) is 5.00. The van der Waals surface area contributed by atoms with Crippen LogP contribution in [0.5, 0.6) is 0 Å². The highest BCUT2D eigenvalue weighted by Gasteiger charge is 2.25. The second-order valence-corrected chi connectivity index (χ2v) is 5.89. The van der Waals surface area contributed by atoms with Gasteiger partial charge in [0.2, 0.25) is 0 Å². The summed E-state index contributed by atoms with van der Waals surface area (Å²) in [6.45, 7) is 6.64. The molecule has 0 aromatic carbocycles. The largest absolute Gasteiger partial charge is 0.328 e. The molecule has 0 aliphatic carbocycles. The lowest BCUT2D eigenvalue weighted by Gasteiger charge is -2.33. The van der Waals surface area contributed by atoms with Gasteiger partial charge in [-0.05, 0) is 32.9 Å². The molecule has 0 bridgehead atoms. The Balaban J connectivity index is 2.07. The first kappa shape index (κ1) is 13.0. The van der Waals surface area contributed by atoms with Gasteiger partial charge in [-0.3, -0.25) is 4.90 Å². The number of nitrogens with zero attached hydrogens (tertiary/aromatic N) is 2. The molecule has 2 rings (SSSR count). The van der Waals surface area contributed by atoms with Gasteiger partial charge in [0.25, 0.3) is 0 Å². The van der Waals surface area contributed by atoms with Gasteiger partial charge in [-0.2, -0.15) is 0 Å². The van der Waals surface area contributed by atoms with E-state index in [1.54, 1.807) is 0 Å². The van der Waals surface area contributed by atoms with E-state index in [-0.39, 0.29) is 6.04 Å².